The number of nitrogens with zero attached hydrogens (tertiary/aromatic N) is 3. The van der Waals surface area contributed by atoms with E-state index in [-0.39, 0.29) is 35.3 Å². The number of pyridine rings is 1. The molecular formula is C21H23N5O5S. The van der Waals surface area contributed by atoms with Gasteiger partial charge in [-0.2, -0.15) is 9.40 Å². The third-order valence-corrected chi connectivity index (χ3v) is 6.97. The normalized spacial score (nSPS) is 14.8. The predicted molar refractivity (Wildman–Crippen MR) is 116 cm³/mol. The number of amides is 1. The largest absolute Gasteiger partial charge is 0.495 e. The van der Waals surface area contributed by atoms with E-state index in [2.05, 4.69) is 20.5 Å². The first kappa shape index (κ1) is 21.9. The van der Waals surface area contributed by atoms with Gasteiger partial charge in [-0.3, -0.25) is 14.9 Å². The van der Waals surface area contributed by atoms with Crippen LogP contribution in [0.15, 0.2) is 53.7 Å². The second-order valence-electron chi connectivity index (χ2n) is 7.09. The molecule has 0 aliphatic carbocycles. The summed E-state index contributed by atoms with van der Waals surface area (Å²) in [6.07, 6.45) is 3.33. The Labute approximate surface area is 185 Å². The lowest BCUT2D eigenvalue weighted by atomic mass is 10.1. The van der Waals surface area contributed by atoms with Gasteiger partial charge in [-0.05, 0) is 35.9 Å². The number of sulfonamides is 1. The van der Waals surface area contributed by atoms with Crippen LogP contribution in [-0.4, -0.2) is 67.2 Å². The predicted octanol–water partition coefficient (Wildman–Crippen LogP) is 1.43. The third-order valence-electron chi connectivity index (χ3n) is 5.05. The average molecular weight is 458 g/mol. The van der Waals surface area contributed by atoms with Crippen LogP contribution in [-0.2, 0) is 21.3 Å². The van der Waals surface area contributed by atoms with E-state index in [1.807, 2.05) is 6.07 Å². The highest BCUT2D eigenvalue weighted by atomic mass is 32.2. The molecule has 3 aromatic rings. The first-order valence-corrected chi connectivity index (χ1v) is 11.4. The highest BCUT2D eigenvalue weighted by molar-refractivity contribution is 7.89. The van der Waals surface area contributed by atoms with E-state index in [1.165, 1.54) is 17.5 Å². The number of morpholine rings is 1. The van der Waals surface area contributed by atoms with Crippen LogP contribution in [0.3, 0.4) is 0 Å². The van der Waals surface area contributed by atoms with Crippen molar-refractivity contribution in [3.05, 3.63) is 60.0 Å². The molecule has 1 amide bonds. The lowest BCUT2D eigenvalue weighted by Crippen LogP contribution is -2.40. The van der Waals surface area contributed by atoms with Gasteiger partial charge in [-0.25, -0.2) is 8.42 Å². The Hall–Kier alpha value is -3.28. The fourth-order valence-electron chi connectivity index (χ4n) is 3.33. The highest BCUT2D eigenvalue weighted by Crippen LogP contribution is 2.31. The molecule has 1 aliphatic heterocycles. The Morgan fingerprint density at radius 2 is 2.06 bits per heavy atom. The van der Waals surface area contributed by atoms with Crippen LogP contribution in [0.25, 0.3) is 11.3 Å². The van der Waals surface area contributed by atoms with E-state index >= 15 is 0 Å². The summed E-state index contributed by atoms with van der Waals surface area (Å²) in [5.74, 6) is -0.0903. The fraction of sp³-hybridized carbons (Fsp3) is 0.286. The van der Waals surface area contributed by atoms with E-state index in [1.54, 1.807) is 36.7 Å². The minimum Gasteiger partial charge on any atom is -0.495 e. The van der Waals surface area contributed by atoms with Gasteiger partial charge >= 0.3 is 0 Å². The quantitative estimate of drug-likeness (QED) is 0.550. The number of carbonyl (C=O) groups excluding carboxylic acids is 1. The van der Waals surface area contributed by atoms with Crippen molar-refractivity contribution in [1.82, 2.24) is 24.8 Å². The van der Waals surface area contributed by atoms with Crippen LogP contribution in [0.5, 0.6) is 5.75 Å². The van der Waals surface area contributed by atoms with E-state index in [9.17, 15) is 13.2 Å². The maximum Gasteiger partial charge on any atom is 0.269 e. The maximum atomic E-state index is 13.2. The van der Waals surface area contributed by atoms with Gasteiger partial charge in [0.25, 0.3) is 5.91 Å². The molecule has 1 fully saturated rings. The third kappa shape index (κ3) is 4.64. The maximum absolute atomic E-state index is 13.2. The zero-order valence-corrected chi connectivity index (χ0v) is 18.3. The molecule has 1 saturated heterocycles. The smallest absolute Gasteiger partial charge is 0.269 e. The molecule has 1 aliphatic rings. The van der Waals surface area contributed by atoms with E-state index in [4.69, 9.17) is 9.47 Å². The van der Waals surface area contributed by atoms with Crippen molar-refractivity contribution in [2.45, 2.75) is 11.4 Å². The number of nitrogens with one attached hydrogen (secondary N) is 2. The number of methoxy groups -OCH3 is 1. The standard InChI is InChI=1S/C21H23N5O5S/c1-30-19-5-4-16(11-20(19)32(28,29)26-7-9-31-10-8-26)17-12-18(25-24-17)21(27)23-14-15-3-2-6-22-13-15/h2-6,11-13H,7-10,14H2,1H3,(H,23,27)(H,24,25). The van der Waals surface area contributed by atoms with Crippen LogP contribution >= 0.6 is 0 Å². The summed E-state index contributed by atoms with van der Waals surface area (Å²) in [7, 11) is -2.36. The van der Waals surface area contributed by atoms with Crippen LogP contribution in [0.1, 0.15) is 16.1 Å². The number of aromatic nitrogens is 3. The Morgan fingerprint density at radius 3 is 2.78 bits per heavy atom. The Bertz CT molecular complexity index is 1190. The fourth-order valence-corrected chi connectivity index (χ4v) is 4.92. The summed E-state index contributed by atoms with van der Waals surface area (Å²) < 4.78 is 38.3. The Balaban J connectivity index is 1.56. The second-order valence-corrected chi connectivity index (χ2v) is 9.00. The first-order valence-electron chi connectivity index (χ1n) is 9.98. The summed E-state index contributed by atoms with van der Waals surface area (Å²) in [6.45, 7) is 1.57. The van der Waals surface area contributed by atoms with Gasteiger partial charge < -0.3 is 14.8 Å². The number of ether oxygens (including phenoxy) is 2. The van der Waals surface area contributed by atoms with Gasteiger partial charge in [-0.1, -0.05) is 6.07 Å². The Kier molecular flexibility index (Phi) is 6.49. The van der Waals surface area contributed by atoms with Crippen LogP contribution in [0.2, 0.25) is 0 Å². The van der Waals surface area contributed by atoms with Gasteiger partial charge in [0.15, 0.2) is 0 Å². The molecule has 1 aromatic carbocycles. The monoisotopic (exact) mass is 457 g/mol. The summed E-state index contributed by atoms with van der Waals surface area (Å²) in [5.41, 5.74) is 2.11. The lowest BCUT2D eigenvalue weighted by Gasteiger charge is -2.26. The van der Waals surface area contributed by atoms with Gasteiger partial charge in [-0.15, -0.1) is 0 Å². The molecule has 0 bridgehead atoms. The number of benzene rings is 1. The molecule has 4 rings (SSSR count). The molecule has 0 unspecified atom stereocenters. The molecule has 2 N–H and O–H groups in total. The van der Waals surface area contributed by atoms with Crippen molar-refractivity contribution in [3.63, 3.8) is 0 Å². The average Bonchev–Trinajstić information content (AvgIpc) is 3.34. The summed E-state index contributed by atoms with van der Waals surface area (Å²) >= 11 is 0. The molecule has 32 heavy (non-hydrogen) atoms. The molecule has 0 radical (unpaired) electrons. The van der Waals surface area contributed by atoms with Crippen molar-refractivity contribution in [2.24, 2.45) is 0 Å². The van der Waals surface area contributed by atoms with Crippen molar-refractivity contribution in [2.75, 3.05) is 33.4 Å². The molecule has 0 spiro atoms. The molecule has 0 saturated carbocycles. The highest BCUT2D eigenvalue weighted by Gasteiger charge is 2.30. The van der Waals surface area contributed by atoms with Crippen LogP contribution < -0.4 is 10.1 Å². The van der Waals surface area contributed by atoms with Crippen molar-refractivity contribution in [1.29, 1.82) is 0 Å². The SMILES string of the molecule is COc1ccc(-c2cc(C(=O)NCc3cccnc3)[nH]n2)cc1S(=O)(=O)N1CCOCC1. The number of hydrogen-bond acceptors (Lipinski definition) is 7. The minimum absolute atomic E-state index is 0.0463. The summed E-state index contributed by atoms with van der Waals surface area (Å²) in [6, 6.07) is 10.0. The second kappa shape index (κ2) is 9.47. The lowest BCUT2D eigenvalue weighted by molar-refractivity contribution is 0.0729. The van der Waals surface area contributed by atoms with Crippen molar-refractivity contribution in [3.8, 4) is 17.0 Å². The molecule has 168 valence electrons. The van der Waals surface area contributed by atoms with Crippen molar-refractivity contribution >= 4 is 15.9 Å². The Morgan fingerprint density at radius 1 is 1.25 bits per heavy atom. The van der Waals surface area contributed by atoms with Gasteiger partial charge in [0.05, 0.1) is 26.0 Å². The van der Waals surface area contributed by atoms with Gasteiger partial charge in [0.1, 0.15) is 16.3 Å². The van der Waals surface area contributed by atoms with E-state index < -0.39 is 10.0 Å². The molecule has 3 heterocycles. The topological polar surface area (TPSA) is 127 Å². The van der Waals surface area contributed by atoms with Crippen LogP contribution in [0, 0.1) is 0 Å². The number of H-pyrrole nitrogens is 1. The van der Waals surface area contributed by atoms with E-state index in [0.717, 1.165) is 5.56 Å². The van der Waals surface area contributed by atoms with E-state index in [0.29, 0.717) is 31.0 Å². The number of hydrogen-bond donors (Lipinski definition) is 2. The number of rotatable bonds is 7. The summed E-state index contributed by atoms with van der Waals surface area (Å²) in [5, 5.41) is 9.68. The molecule has 2 aromatic heterocycles. The zero-order chi connectivity index (χ0) is 22.6. The van der Waals surface area contributed by atoms with Crippen LogP contribution in [0.4, 0.5) is 0 Å². The van der Waals surface area contributed by atoms with Crippen molar-refractivity contribution < 1.29 is 22.7 Å². The zero-order valence-electron chi connectivity index (χ0n) is 17.4. The molecular weight excluding hydrogens is 434 g/mol. The molecule has 11 heteroatoms. The number of aromatic amines is 1. The summed E-state index contributed by atoms with van der Waals surface area (Å²) in [4.78, 5) is 16.5. The molecule has 0 atom stereocenters. The first-order chi connectivity index (χ1) is 15.5. The number of carbonyl (C=O) groups is 1. The minimum atomic E-state index is -3.78. The van der Waals surface area contributed by atoms with Gasteiger partial charge in [0, 0.05) is 37.6 Å². The van der Waals surface area contributed by atoms with Gasteiger partial charge in [0.2, 0.25) is 10.0 Å². The molecule has 10 nitrogen and oxygen atoms in total.